The maximum Gasteiger partial charge on any atom is 0.243 e. The minimum absolute atomic E-state index is 0.166. The van der Waals surface area contributed by atoms with Crippen LogP contribution >= 0.6 is 0 Å². The normalized spacial score (nSPS) is 8.33. The van der Waals surface area contributed by atoms with Crippen LogP contribution < -0.4 is 10.6 Å². The first-order chi connectivity index (χ1) is 5.70. The molecule has 0 bridgehead atoms. The van der Waals surface area contributed by atoms with Crippen molar-refractivity contribution in [1.82, 2.24) is 10.6 Å². The van der Waals surface area contributed by atoms with Crippen LogP contribution in [-0.4, -0.2) is 19.0 Å². The van der Waals surface area contributed by atoms with Crippen molar-refractivity contribution in [1.29, 1.82) is 0 Å². The van der Waals surface area contributed by atoms with E-state index >= 15 is 0 Å². The lowest BCUT2D eigenvalue weighted by atomic mass is 10.4. The highest BCUT2D eigenvalue weighted by molar-refractivity contribution is 5.86. The van der Waals surface area contributed by atoms with Crippen LogP contribution in [0.2, 0.25) is 0 Å². The second-order valence-electron chi connectivity index (χ2n) is 2.15. The summed E-state index contributed by atoms with van der Waals surface area (Å²) in [5.74, 6) is -0.166. The summed E-state index contributed by atoms with van der Waals surface area (Å²) in [5, 5.41) is 5.57. The Morgan fingerprint density at radius 2 is 1.75 bits per heavy atom. The minimum Gasteiger partial charge on any atom is -0.384 e. The molecule has 0 saturated carbocycles. The molecule has 0 spiro atoms. The van der Waals surface area contributed by atoms with Crippen LogP contribution in [0.15, 0.2) is 37.6 Å². The van der Waals surface area contributed by atoms with Gasteiger partial charge in [0.25, 0.3) is 0 Å². The first-order valence-electron chi connectivity index (χ1n) is 3.66. The van der Waals surface area contributed by atoms with Gasteiger partial charge in [0.05, 0.1) is 0 Å². The van der Waals surface area contributed by atoms with Crippen LogP contribution in [0.5, 0.6) is 0 Å². The van der Waals surface area contributed by atoms with E-state index in [1.165, 1.54) is 6.08 Å². The highest BCUT2D eigenvalue weighted by atomic mass is 16.1. The first-order valence-corrected chi connectivity index (χ1v) is 3.66. The standard InChI is InChI=1S/C9H14N2O/c1-4-8(3)10-6-7-11-9(12)5-2/h4-5,10H,1-3,6-7H2,(H,11,12). The third-order valence-corrected chi connectivity index (χ3v) is 1.21. The zero-order valence-corrected chi connectivity index (χ0v) is 7.10. The Morgan fingerprint density at radius 1 is 1.17 bits per heavy atom. The van der Waals surface area contributed by atoms with Gasteiger partial charge in [-0.05, 0) is 12.2 Å². The third-order valence-electron chi connectivity index (χ3n) is 1.21. The smallest absolute Gasteiger partial charge is 0.243 e. The van der Waals surface area contributed by atoms with E-state index in [1.54, 1.807) is 6.08 Å². The number of carbonyl (C=O) groups excluding carboxylic acids is 1. The van der Waals surface area contributed by atoms with Crippen molar-refractivity contribution in [2.45, 2.75) is 0 Å². The lowest BCUT2D eigenvalue weighted by Crippen LogP contribution is -2.29. The third kappa shape index (κ3) is 5.29. The molecule has 0 radical (unpaired) electrons. The van der Waals surface area contributed by atoms with Gasteiger partial charge in [0.15, 0.2) is 0 Å². The topological polar surface area (TPSA) is 41.1 Å². The molecular formula is C9H14N2O. The van der Waals surface area contributed by atoms with Crippen molar-refractivity contribution in [3.05, 3.63) is 37.6 Å². The van der Waals surface area contributed by atoms with E-state index in [0.717, 1.165) is 5.70 Å². The quantitative estimate of drug-likeness (QED) is 0.344. The molecule has 3 nitrogen and oxygen atoms in total. The maximum absolute atomic E-state index is 10.6. The van der Waals surface area contributed by atoms with Crippen LogP contribution in [0.1, 0.15) is 0 Å². The van der Waals surface area contributed by atoms with E-state index in [4.69, 9.17) is 0 Å². The Bertz CT molecular complexity index is 175. The number of carbonyl (C=O) groups is 1. The maximum atomic E-state index is 10.6. The van der Waals surface area contributed by atoms with Gasteiger partial charge in [-0.2, -0.15) is 0 Å². The van der Waals surface area contributed by atoms with Crippen LogP contribution in [0.4, 0.5) is 0 Å². The molecule has 0 fully saturated rings. The molecule has 0 aliphatic heterocycles. The van der Waals surface area contributed by atoms with E-state index in [9.17, 15) is 4.79 Å². The summed E-state index contributed by atoms with van der Waals surface area (Å²) in [5.41, 5.74) is 0.753. The van der Waals surface area contributed by atoms with Gasteiger partial charge in [0.2, 0.25) is 5.91 Å². The Labute approximate surface area is 72.9 Å². The molecule has 0 aromatic carbocycles. The molecule has 0 saturated heterocycles. The highest BCUT2D eigenvalue weighted by Crippen LogP contribution is 1.80. The summed E-state index contributed by atoms with van der Waals surface area (Å²) in [6.07, 6.45) is 2.86. The van der Waals surface area contributed by atoms with Gasteiger partial charge in [-0.3, -0.25) is 4.79 Å². The second-order valence-corrected chi connectivity index (χ2v) is 2.15. The Kier molecular flexibility index (Phi) is 5.43. The summed E-state index contributed by atoms with van der Waals surface area (Å²) in [4.78, 5) is 10.6. The molecule has 0 aliphatic rings. The van der Waals surface area contributed by atoms with E-state index in [0.29, 0.717) is 13.1 Å². The molecule has 0 atom stereocenters. The van der Waals surface area contributed by atoms with Crippen LogP contribution in [0, 0.1) is 0 Å². The number of amides is 1. The zero-order chi connectivity index (χ0) is 9.40. The predicted molar refractivity (Wildman–Crippen MR) is 50.5 cm³/mol. The molecular weight excluding hydrogens is 152 g/mol. The molecule has 12 heavy (non-hydrogen) atoms. The van der Waals surface area contributed by atoms with Crippen molar-refractivity contribution in [3.8, 4) is 0 Å². The average molecular weight is 166 g/mol. The average Bonchev–Trinajstić information content (AvgIpc) is 2.11. The van der Waals surface area contributed by atoms with Gasteiger partial charge in [-0.25, -0.2) is 0 Å². The summed E-state index contributed by atoms with van der Waals surface area (Å²) >= 11 is 0. The zero-order valence-electron chi connectivity index (χ0n) is 7.10. The molecule has 3 heteroatoms. The summed E-state index contributed by atoms with van der Waals surface area (Å²) in [6, 6.07) is 0. The fourth-order valence-electron chi connectivity index (χ4n) is 0.553. The number of nitrogens with one attached hydrogen (secondary N) is 2. The highest BCUT2D eigenvalue weighted by Gasteiger charge is 1.91. The molecule has 0 heterocycles. The van der Waals surface area contributed by atoms with Gasteiger partial charge in [0.1, 0.15) is 0 Å². The summed E-state index contributed by atoms with van der Waals surface area (Å²) in [6.45, 7) is 11.7. The Hall–Kier alpha value is -1.51. The fourth-order valence-corrected chi connectivity index (χ4v) is 0.553. The van der Waals surface area contributed by atoms with Gasteiger partial charge in [0, 0.05) is 18.8 Å². The van der Waals surface area contributed by atoms with Gasteiger partial charge in [-0.15, -0.1) is 0 Å². The SMILES string of the molecule is C=CC(=C)NCCNC(=O)C=C. The molecule has 2 N–H and O–H groups in total. The molecule has 66 valence electrons. The molecule has 1 amide bonds. The molecule has 0 unspecified atom stereocenters. The second kappa shape index (κ2) is 6.22. The fraction of sp³-hybridized carbons (Fsp3) is 0.222. The number of hydrogen-bond donors (Lipinski definition) is 2. The molecule has 0 rings (SSSR count). The lowest BCUT2D eigenvalue weighted by molar-refractivity contribution is -0.116. The Morgan fingerprint density at radius 3 is 2.25 bits per heavy atom. The van der Waals surface area contributed by atoms with Crippen LogP contribution in [-0.2, 0) is 4.79 Å². The first kappa shape index (κ1) is 10.5. The van der Waals surface area contributed by atoms with Crippen molar-refractivity contribution in [3.63, 3.8) is 0 Å². The van der Waals surface area contributed by atoms with E-state index in [-0.39, 0.29) is 5.91 Å². The summed E-state index contributed by atoms with van der Waals surface area (Å²) < 4.78 is 0. The molecule has 0 aromatic rings. The number of rotatable bonds is 6. The van der Waals surface area contributed by atoms with Crippen molar-refractivity contribution in [2.24, 2.45) is 0 Å². The number of hydrogen-bond acceptors (Lipinski definition) is 2. The van der Waals surface area contributed by atoms with Crippen molar-refractivity contribution in [2.75, 3.05) is 13.1 Å². The van der Waals surface area contributed by atoms with Gasteiger partial charge in [-0.1, -0.05) is 19.7 Å². The van der Waals surface area contributed by atoms with Crippen molar-refractivity contribution < 1.29 is 4.79 Å². The van der Waals surface area contributed by atoms with E-state index in [2.05, 4.69) is 30.4 Å². The van der Waals surface area contributed by atoms with Crippen LogP contribution in [0.3, 0.4) is 0 Å². The Balaban J connectivity index is 3.32. The van der Waals surface area contributed by atoms with E-state index in [1.807, 2.05) is 0 Å². The van der Waals surface area contributed by atoms with E-state index < -0.39 is 0 Å². The minimum atomic E-state index is -0.166. The number of allylic oxidation sites excluding steroid dienone is 1. The van der Waals surface area contributed by atoms with Gasteiger partial charge >= 0.3 is 0 Å². The summed E-state index contributed by atoms with van der Waals surface area (Å²) in [7, 11) is 0. The largest absolute Gasteiger partial charge is 0.384 e. The van der Waals surface area contributed by atoms with Crippen molar-refractivity contribution >= 4 is 5.91 Å². The monoisotopic (exact) mass is 166 g/mol. The van der Waals surface area contributed by atoms with Gasteiger partial charge < -0.3 is 10.6 Å². The lowest BCUT2D eigenvalue weighted by Gasteiger charge is -2.05. The molecule has 0 aromatic heterocycles. The predicted octanol–water partition coefficient (Wildman–Crippen LogP) is 0.578. The molecule has 0 aliphatic carbocycles. The van der Waals surface area contributed by atoms with Crippen LogP contribution in [0.25, 0.3) is 0 Å².